The Morgan fingerprint density at radius 2 is 1.76 bits per heavy atom. The predicted molar refractivity (Wildman–Crippen MR) is 111 cm³/mol. The molecule has 0 aromatic heterocycles. The molecule has 1 atom stereocenters. The van der Waals surface area contributed by atoms with Gasteiger partial charge in [0.15, 0.2) is 5.11 Å². The lowest BCUT2D eigenvalue weighted by molar-refractivity contribution is -0.0709. The standard InChI is InChI=1S/C20H26Cl2N2S/c1-2-17(20-9-12-6-13(10-20)8-14(7-12)11-20)24-19(25)23-16-5-3-4-15(21)18(16)22/h3-5,12-14,17H,2,6-11H2,1H3,(H2,23,24,25). The maximum Gasteiger partial charge on any atom is 0.171 e. The van der Waals surface area contributed by atoms with Gasteiger partial charge in [0.05, 0.1) is 15.7 Å². The van der Waals surface area contributed by atoms with Gasteiger partial charge in [0.25, 0.3) is 0 Å². The maximum absolute atomic E-state index is 6.28. The van der Waals surface area contributed by atoms with E-state index in [4.69, 9.17) is 35.4 Å². The van der Waals surface area contributed by atoms with Crippen LogP contribution in [-0.2, 0) is 0 Å². The molecular formula is C20H26Cl2N2S. The lowest BCUT2D eigenvalue weighted by Crippen LogP contribution is -2.57. The van der Waals surface area contributed by atoms with Gasteiger partial charge in [0.2, 0.25) is 0 Å². The van der Waals surface area contributed by atoms with Crippen LogP contribution in [0.5, 0.6) is 0 Å². The van der Waals surface area contributed by atoms with Crippen molar-refractivity contribution in [1.29, 1.82) is 0 Å². The molecule has 2 N–H and O–H groups in total. The van der Waals surface area contributed by atoms with Gasteiger partial charge in [0, 0.05) is 6.04 Å². The second kappa shape index (κ2) is 6.90. The Morgan fingerprint density at radius 3 is 2.32 bits per heavy atom. The van der Waals surface area contributed by atoms with E-state index in [9.17, 15) is 0 Å². The molecule has 0 heterocycles. The minimum Gasteiger partial charge on any atom is -0.359 e. The Morgan fingerprint density at radius 1 is 1.16 bits per heavy atom. The third-order valence-corrected chi connectivity index (χ3v) is 7.78. The van der Waals surface area contributed by atoms with Gasteiger partial charge < -0.3 is 10.6 Å². The molecule has 1 unspecified atom stereocenters. The first-order valence-corrected chi connectivity index (χ1v) is 10.7. The van der Waals surface area contributed by atoms with Gasteiger partial charge in [-0.25, -0.2) is 0 Å². The van der Waals surface area contributed by atoms with E-state index in [0.29, 0.717) is 26.6 Å². The van der Waals surface area contributed by atoms with Crippen molar-refractivity contribution >= 4 is 46.2 Å². The summed E-state index contributed by atoms with van der Waals surface area (Å²) < 4.78 is 0. The average Bonchev–Trinajstić information content (AvgIpc) is 2.55. The van der Waals surface area contributed by atoms with E-state index in [1.54, 1.807) is 6.07 Å². The quantitative estimate of drug-likeness (QED) is 0.585. The highest BCUT2D eigenvalue weighted by atomic mass is 35.5. The predicted octanol–water partition coefficient (Wildman–Crippen LogP) is 6.27. The average molecular weight is 397 g/mol. The minimum atomic E-state index is 0.438. The van der Waals surface area contributed by atoms with Crippen LogP contribution in [0.3, 0.4) is 0 Å². The van der Waals surface area contributed by atoms with E-state index in [0.717, 1.165) is 29.9 Å². The van der Waals surface area contributed by atoms with E-state index >= 15 is 0 Å². The Kier molecular flexibility index (Phi) is 4.94. The molecule has 5 rings (SSSR count). The van der Waals surface area contributed by atoms with Crippen LogP contribution >= 0.6 is 35.4 Å². The molecule has 4 aliphatic carbocycles. The van der Waals surface area contributed by atoms with Crippen LogP contribution in [0.25, 0.3) is 0 Å². The lowest BCUT2D eigenvalue weighted by atomic mass is 9.47. The molecule has 1 aromatic carbocycles. The van der Waals surface area contributed by atoms with E-state index in [2.05, 4.69) is 17.6 Å². The molecule has 5 heteroatoms. The first kappa shape index (κ1) is 17.9. The molecular weight excluding hydrogens is 371 g/mol. The van der Waals surface area contributed by atoms with Crippen LogP contribution in [0.1, 0.15) is 51.9 Å². The number of benzene rings is 1. The summed E-state index contributed by atoms with van der Waals surface area (Å²) in [5.74, 6) is 2.85. The molecule has 4 fully saturated rings. The molecule has 2 nitrogen and oxygen atoms in total. The summed E-state index contributed by atoms with van der Waals surface area (Å²) in [6, 6.07) is 6.03. The summed E-state index contributed by atoms with van der Waals surface area (Å²) in [5, 5.41) is 8.62. The zero-order valence-electron chi connectivity index (χ0n) is 14.7. The number of rotatable bonds is 4. The van der Waals surface area contributed by atoms with E-state index in [-0.39, 0.29) is 0 Å². The third kappa shape index (κ3) is 3.40. The number of hydrogen-bond donors (Lipinski definition) is 2. The van der Waals surface area contributed by atoms with Gasteiger partial charge in [0.1, 0.15) is 0 Å². The van der Waals surface area contributed by atoms with E-state index in [1.165, 1.54) is 38.5 Å². The Balaban J connectivity index is 1.47. The van der Waals surface area contributed by atoms with Gasteiger partial charge in [-0.05, 0) is 92.5 Å². The van der Waals surface area contributed by atoms with Crippen LogP contribution in [0.4, 0.5) is 5.69 Å². The SMILES string of the molecule is CCC(NC(=S)Nc1cccc(Cl)c1Cl)C12CC3CC(CC(C3)C1)C2. The lowest BCUT2D eigenvalue weighted by Gasteiger charge is -2.59. The number of anilines is 1. The Labute approximate surface area is 166 Å². The van der Waals surface area contributed by atoms with Crippen LogP contribution in [0.2, 0.25) is 10.0 Å². The number of thiocarbonyl (C=S) groups is 1. The Hall–Kier alpha value is -0.510. The molecule has 0 spiro atoms. The molecule has 4 saturated carbocycles. The largest absolute Gasteiger partial charge is 0.359 e. The fraction of sp³-hybridized carbons (Fsp3) is 0.650. The number of hydrogen-bond acceptors (Lipinski definition) is 1. The summed E-state index contributed by atoms with van der Waals surface area (Å²) in [4.78, 5) is 0. The fourth-order valence-corrected chi connectivity index (χ4v) is 6.81. The first-order chi connectivity index (χ1) is 12.0. The molecule has 4 aliphatic rings. The Bertz CT molecular complexity index is 640. The number of nitrogens with one attached hydrogen (secondary N) is 2. The van der Waals surface area contributed by atoms with Crippen molar-refractivity contribution in [3.63, 3.8) is 0 Å². The van der Waals surface area contributed by atoms with Crippen LogP contribution in [0.15, 0.2) is 18.2 Å². The third-order valence-electron chi connectivity index (χ3n) is 6.74. The number of halogens is 2. The minimum absolute atomic E-state index is 0.438. The van der Waals surface area contributed by atoms with Crippen molar-refractivity contribution < 1.29 is 0 Å². The van der Waals surface area contributed by atoms with Crippen molar-refractivity contribution in [3.8, 4) is 0 Å². The van der Waals surface area contributed by atoms with Gasteiger partial charge >= 0.3 is 0 Å². The normalized spacial score (nSPS) is 34.0. The van der Waals surface area contributed by atoms with Crippen molar-refractivity contribution in [2.24, 2.45) is 23.2 Å². The molecule has 0 radical (unpaired) electrons. The summed E-state index contributed by atoms with van der Waals surface area (Å²) >= 11 is 18.0. The highest BCUT2D eigenvalue weighted by molar-refractivity contribution is 7.80. The van der Waals surface area contributed by atoms with Crippen molar-refractivity contribution in [1.82, 2.24) is 5.32 Å². The fourth-order valence-electron chi connectivity index (χ4n) is 6.21. The smallest absolute Gasteiger partial charge is 0.171 e. The highest BCUT2D eigenvalue weighted by Crippen LogP contribution is 2.61. The highest BCUT2D eigenvalue weighted by Gasteiger charge is 2.53. The van der Waals surface area contributed by atoms with E-state index in [1.807, 2.05) is 12.1 Å². The van der Waals surface area contributed by atoms with Gasteiger partial charge in [-0.1, -0.05) is 36.2 Å². The van der Waals surface area contributed by atoms with Crippen LogP contribution in [0, 0.1) is 23.2 Å². The molecule has 25 heavy (non-hydrogen) atoms. The van der Waals surface area contributed by atoms with Gasteiger partial charge in [-0.15, -0.1) is 0 Å². The van der Waals surface area contributed by atoms with Gasteiger partial charge in [-0.2, -0.15) is 0 Å². The zero-order chi connectivity index (χ0) is 17.6. The molecule has 136 valence electrons. The van der Waals surface area contributed by atoms with E-state index < -0.39 is 0 Å². The van der Waals surface area contributed by atoms with Gasteiger partial charge in [-0.3, -0.25) is 0 Å². The first-order valence-electron chi connectivity index (χ1n) is 9.50. The molecule has 4 bridgehead atoms. The monoisotopic (exact) mass is 396 g/mol. The molecule has 0 aliphatic heterocycles. The summed E-state index contributed by atoms with van der Waals surface area (Å²) in [6.45, 7) is 2.28. The summed E-state index contributed by atoms with van der Waals surface area (Å²) in [7, 11) is 0. The molecule has 0 saturated heterocycles. The summed E-state index contributed by atoms with van der Waals surface area (Å²) in [6.07, 6.45) is 9.65. The van der Waals surface area contributed by atoms with Crippen LogP contribution in [-0.4, -0.2) is 11.2 Å². The molecule has 1 aromatic rings. The topological polar surface area (TPSA) is 24.1 Å². The van der Waals surface area contributed by atoms with Crippen molar-refractivity contribution in [3.05, 3.63) is 28.2 Å². The second-order valence-electron chi connectivity index (χ2n) is 8.44. The second-order valence-corrected chi connectivity index (χ2v) is 9.63. The van der Waals surface area contributed by atoms with Crippen molar-refractivity contribution in [2.45, 2.75) is 57.9 Å². The molecule has 0 amide bonds. The maximum atomic E-state index is 6.28. The summed E-state index contributed by atoms with van der Waals surface area (Å²) in [5.41, 5.74) is 1.21. The van der Waals surface area contributed by atoms with Crippen LogP contribution < -0.4 is 10.6 Å². The zero-order valence-corrected chi connectivity index (χ0v) is 17.0. The van der Waals surface area contributed by atoms with Crippen molar-refractivity contribution in [2.75, 3.05) is 5.32 Å².